The molecule has 2 fully saturated rings. The molecule has 2 heterocycles. The van der Waals surface area contributed by atoms with Crippen LogP contribution in [0.15, 0.2) is 24.3 Å². The molecule has 1 amide bonds. The summed E-state index contributed by atoms with van der Waals surface area (Å²) in [7, 11) is 0. The summed E-state index contributed by atoms with van der Waals surface area (Å²) in [6, 6.07) is 8.41. The number of fused-ring (bicyclic) bond motifs is 1. The second-order valence-corrected chi connectivity index (χ2v) is 9.27. The Kier molecular flexibility index (Phi) is 4.94. The number of para-hydroxylation sites is 1. The zero-order valence-corrected chi connectivity index (χ0v) is 17.1. The Labute approximate surface area is 166 Å². The zero-order valence-electron chi connectivity index (χ0n) is 17.1. The number of carbonyl (C=O) groups is 2. The van der Waals surface area contributed by atoms with Gasteiger partial charge in [-0.15, -0.1) is 0 Å². The fourth-order valence-electron chi connectivity index (χ4n) is 4.26. The lowest BCUT2D eigenvalue weighted by atomic mass is 9.88. The van der Waals surface area contributed by atoms with Gasteiger partial charge in [-0.05, 0) is 69.9 Å². The number of aromatic nitrogens is 1. The first kappa shape index (κ1) is 19.0. The lowest BCUT2D eigenvalue weighted by molar-refractivity contribution is 0.0205. The highest BCUT2D eigenvalue weighted by molar-refractivity contribution is 5.91. The van der Waals surface area contributed by atoms with Crippen LogP contribution in [0.2, 0.25) is 0 Å². The van der Waals surface area contributed by atoms with E-state index in [0.29, 0.717) is 24.9 Å². The van der Waals surface area contributed by atoms with E-state index >= 15 is 0 Å². The van der Waals surface area contributed by atoms with Crippen LogP contribution in [0.3, 0.4) is 0 Å². The number of hydrogen-bond acceptors (Lipinski definition) is 3. The molecular weight excluding hydrogens is 352 g/mol. The van der Waals surface area contributed by atoms with Gasteiger partial charge in [-0.2, -0.15) is 0 Å². The molecule has 4 rings (SSSR count). The molecule has 5 nitrogen and oxygen atoms in total. The number of amides is 1. The molecule has 1 aromatic heterocycles. The van der Waals surface area contributed by atoms with Crippen LogP contribution >= 0.6 is 0 Å². The summed E-state index contributed by atoms with van der Waals surface area (Å²) in [6.45, 7) is 8.05. The summed E-state index contributed by atoms with van der Waals surface area (Å²) in [6.07, 6.45) is 5.12. The third-order valence-electron chi connectivity index (χ3n) is 5.83. The molecule has 5 heteroatoms. The van der Waals surface area contributed by atoms with E-state index in [1.54, 1.807) is 0 Å². The Balaban J connectivity index is 1.56. The van der Waals surface area contributed by atoms with Gasteiger partial charge in [-0.3, -0.25) is 4.79 Å². The molecule has 1 saturated heterocycles. The SMILES string of the molecule is CC(C)(C)OC(=O)N1CCC(c2cccc3cc(C=O)n(CC4CC4)c23)CC1. The average Bonchev–Trinajstić information content (AvgIpc) is 3.40. The number of rotatable bonds is 4. The van der Waals surface area contributed by atoms with E-state index in [1.807, 2.05) is 31.7 Å². The zero-order chi connectivity index (χ0) is 19.9. The fourth-order valence-corrected chi connectivity index (χ4v) is 4.26. The highest BCUT2D eigenvalue weighted by Gasteiger charge is 2.30. The van der Waals surface area contributed by atoms with E-state index in [4.69, 9.17) is 4.74 Å². The van der Waals surface area contributed by atoms with Crippen molar-refractivity contribution in [2.75, 3.05) is 13.1 Å². The minimum Gasteiger partial charge on any atom is -0.444 e. The standard InChI is InChI=1S/C23H30N2O3/c1-23(2,3)28-22(27)24-11-9-17(10-12-24)20-6-4-5-18-13-19(15-26)25(21(18)20)14-16-7-8-16/h4-6,13,15-17H,7-12,14H2,1-3H3. The molecule has 0 radical (unpaired) electrons. The average molecular weight is 383 g/mol. The molecule has 2 aliphatic rings. The first-order chi connectivity index (χ1) is 13.4. The minimum atomic E-state index is -0.464. The first-order valence-corrected chi connectivity index (χ1v) is 10.4. The molecular formula is C23H30N2O3. The van der Waals surface area contributed by atoms with Crippen LogP contribution in [-0.2, 0) is 11.3 Å². The van der Waals surface area contributed by atoms with Gasteiger partial charge in [0.25, 0.3) is 0 Å². The van der Waals surface area contributed by atoms with Gasteiger partial charge in [0.2, 0.25) is 0 Å². The van der Waals surface area contributed by atoms with Crippen molar-refractivity contribution in [1.82, 2.24) is 9.47 Å². The van der Waals surface area contributed by atoms with Crippen molar-refractivity contribution in [1.29, 1.82) is 0 Å². The summed E-state index contributed by atoms with van der Waals surface area (Å²) in [5.41, 5.74) is 2.84. The van der Waals surface area contributed by atoms with Crippen LogP contribution in [0.25, 0.3) is 10.9 Å². The van der Waals surface area contributed by atoms with E-state index < -0.39 is 5.60 Å². The van der Waals surface area contributed by atoms with E-state index in [1.165, 1.54) is 23.9 Å². The second kappa shape index (κ2) is 7.26. The van der Waals surface area contributed by atoms with Gasteiger partial charge in [-0.1, -0.05) is 18.2 Å². The largest absolute Gasteiger partial charge is 0.444 e. The maximum Gasteiger partial charge on any atom is 0.410 e. The second-order valence-electron chi connectivity index (χ2n) is 9.27. The predicted octanol–water partition coefficient (Wildman–Crippen LogP) is 4.98. The van der Waals surface area contributed by atoms with Crippen molar-refractivity contribution < 1.29 is 14.3 Å². The quantitative estimate of drug-likeness (QED) is 0.701. The number of carbonyl (C=O) groups excluding carboxylic acids is 2. The Hall–Kier alpha value is -2.30. The van der Waals surface area contributed by atoms with Gasteiger partial charge in [0, 0.05) is 25.0 Å². The molecule has 1 aliphatic heterocycles. The lowest BCUT2D eigenvalue weighted by Gasteiger charge is -2.34. The monoisotopic (exact) mass is 382 g/mol. The van der Waals surface area contributed by atoms with Crippen LogP contribution < -0.4 is 0 Å². The lowest BCUT2D eigenvalue weighted by Crippen LogP contribution is -2.41. The van der Waals surface area contributed by atoms with Crippen molar-refractivity contribution in [3.8, 4) is 0 Å². The summed E-state index contributed by atoms with van der Waals surface area (Å²) in [4.78, 5) is 25.8. The van der Waals surface area contributed by atoms with Crippen LogP contribution in [0.1, 0.15) is 68.4 Å². The molecule has 0 atom stereocenters. The normalized spacial score (nSPS) is 18.5. The summed E-state index contributed by atoms with van der Waals surface area (Å²) >= 11 is 0. The number of piperidine rings is 1. The number of aldehydes is 1. The Morgan fingerprint density at radius 1 is 1.18 bits per heavy atom. The number of ether oxygens (including phenoxy) is 1. The first-order valence-electron chi connectivity index (χ1n) is 10.4. The molecule has 1 aromatic carbocycles. The molecule has 150 valence electrons. The predicted molar refractivity (Wildman–Crippen MR) is 110 cm³/mol. The van der Waals surface area contributed by atoms with Gasteiger partial charge < -0.3 is 14.2 Å². The number of benzene rings is 1. The van der Waals surface area contributed by atoms with Crippen LogP contribution in [0, 0.1) is 5.92 Å². The summed E-state index contributed by atoms with van der Waals surface area (Å²) < 4.78 is 7.75. The third kappa shape index (κ3) is 3.94. The van der Waals surface area contributed by atoms with Gasteiger partial charge in [0.1, 0.15) is 5.60 Å². The number of nitrogens with zero attached hydrogens (tertiary/aromatic N) is 2. The molecule has 1 saturated carbocycles. The fraction of sp³-hybridized carbons (Fsp3) is 0.565. The maximum atomic E-state index is 12.4. The van der Waals surface area contributed by atoms with Crippen molar-refractivity contribution in [2.24, 2.45) is 5.92 Å². The molecule has 0 N–H and O–H groups in total. The molecule has 2 aromatic rings. The van der Waals surface area contributed by atoms with Crippen molar-refractivity contribution in [2.45, 2.75) is 64.5 Å². The Morgan fingerprint density at radius 2 is 1.89 bits per heavy atom. The van der Waals surface area contributed by atoms with E-state index in [0.717, 1.165) is 36.8 Å². The third-order valence-corrected chi connectivity index (χ3v) is 5.83. The van der Waals surface area contributed by atoms with Crippen LogP contribution in [-0.4, -0.2) is 40.5 Å². The summed E-state index contributed by atoms with van der Waals surface area (Å²) in [5.74, 6) is 1.10. The highest BCUT2D eigenvalue weighted by atomic mass is 16.6. The van der Waals surface area contributed by atoms with Gasteiger partial charge in [0.05, 0.1) is 11.2 Å². The Bertz CT molecular complexity index is 881. The van der Waals surface area contributed by atoms with Gasteiger partial charge in [0.15, 0.2) is 6.29 Å². The minimum absolute atomic E-state index is 0.218. The topological polar surface area (TPSA) is 51.5 Å². The van der Waals surface area contributed by atoms with E-state index in [2.05, 4.69) is 22.8 Å². The molecule has 0 spiro atoms. The highest BCUT2D eigenvalue weighted by Crippen LogP contribution is 2.37. The Morgan fingerprint density at radius 3 is 2.50 bits per heavy atom. The van der Waals surface area contributed by atoms with E-state index in [-0.39, 0.29) is 6.09 Å². The van der Waals surface area contributed by atoms with Crippen molar-refractivity contribution >= 4 is 23.3 Å². The van der Waals surface area contributed by atoms with Crippen molar-refractivity contribution in [3.05, 3.63) is 35.5 Å². The summed E-state index contributed by atoms with van der Waals surface area (Å²) in [5, 5.41) is 1.15. The molecule has 28 heavy (non-hydrogen) atoms. The van der Waals surface area contributed by atoms with E-state index in [9.17, 15) is 9.59 Å². The van der Waals surface area contributed by atoms with Gasteiger partial charge in [-0.25, -0.2) is 4.79 Å². The molecule has 0 unspecified atom stereocenters. The van der Waals surface area contributed by atoms with Crippen molar-refractivity contribution in [3.63, 3.8) is 0 Å². The molecule has 1 aliphatic carbocycles. The number of likely N-dealkylation sites (tertiary alicyclic amines) is 1. The van der Waals surface area contributed by atoms with Crippen LogP contribution in [0.4, 0.5) is 4.79 Å². The maximum absolute atomic E-state index is 12.4. The van der Waals surface area contributed by atoms with Crippen LogP contribution in [0.5, 0.6) is 0 Å². The molecule has 0 bridgehead atoms. The number of hydrogen-bond donors (Lipinski definition) is 0. The smallest absolute Gasteiger partial charge is 0.410 e. The van der Waals surface area contributed by atoms with Gasteiger partial charge >= 0.3 is 6.09 Å².